The largest absolute Gasteiger partial charge is 0.373 e. The molecule has 1 fully saturated rings. The number of anilines is 2. The van der Waals surface area contributed by atoms with E-state index >= 15 is 0 Å². The van der Waals surface area contributed by atoms with Crippen molar-refractivity contribution in [3.63, 3.8) is 0 Å². The van der Waals surface area contributed by atoms with Gasteiger partial charge in [0.1, 0.15) is 5.82 Å². The maximum absolute atomic E-state index is 13.6. The summed E-state index contributed by atoms with van der Waals surface area (Å²) >= 11 is 0. The fourth-order valence-electron chi connectivity index (χ4n) is 3.33. The summed E-state index contributed by atoms with van der Waals surface area (Å²) in [6, 6.07) is 4.87. The summed E-state index contributed by atoms with van der Waals surface area (Å²) in [7, 11) is -0.849. The highest BCUT2D eigenvalue weighted by molar-refractivity contribution is 7.91. The van der Waals surface area contributed by atoms with Gasteiger partial charge in [0.2, 0.25) is 0 Å². The first-order valence-corrected chi connectivity index (χ1v) is 9.23. The van der Waals surface area contributed by atoms with E-state index in [0.29, 0.717) is 12.3 Å². The van der Waals surface area contributed by atoms with Gasteiger partial charge in [0.25, 0.3) is 0 Å². The van der Waals surface area contributed by atoms with E-state index in [1.54, 1.807) is 6.07 Å². The molecule has 6 heteroatoms. The second-order valence-electron chi connectivity index (χ2n) is 6.12. The van der Waals surface area contributed by atoms with Gasteiger partial charge in [0, 0.05) is 26.7 Å². The number of sulfone groups is 1. The van der Waals surface area contributed by atoms with Gasteiger partial charge in [-0.1, -0.05) is 0 Å². The molecule has 2 aliphatic heterocycles. The van der Waals surface area contributed by atoms with E-state index in [0.717, 1.165) is 37.3 Å². The van der Waals surface area contributed by atoms with Crippen LogP contribution in [-0.4, -0.2) is 46.6 Å². The van der Waals surface area contributed by atoms with Crippen LogP contribution in [0.2, 0.25) is 0 Å². The first kappa shape index (κ1) is 14.6. The van der Waals surface area contributed by atoms with E-state index in [9.17, 15) is 12.8 Å². The Morgan fingerprint density at radius 2 is 2.10 bits per heavy atom. The highest BCUT2D eigenvalue weighted by Gasteiger charge is 2.30. The van der Waals surface area contributed by atoms with Crippen LogP contribution < -0.4 is 9.80 Å². The Balaban J connectivity index is 1.85. The molecule has 1 aromatic carbocycles. The molecule has 0 amide bonds. The van der Waals surface area contributed by atoms with Gasteiger partial charge in [0.15, 0.2) is 9.84 Å². The lowest BCUT2D eigenvalue weighted by atomic mass is 10.1. The molecule has 0 aliphatic carbocycles. The van der Waals surface area contributed by atoms with E-state index < -0.39 is 9.84 Å². The molecular formula is C15H21FN2O2S. The van der Waals surface area contributed by atoms with Crippen LogP contribution in [0.15, 0.2) is 18.2 Å². The smallest absolute Gasteiger partial charge is 0.150 e. The van der Waals surface area contributed by atoms with Crippen LogP contribution in [0, 0.1) is 11.7 Å². The molecular weight excluding hydrogens is 291 g/mol. The van der Waals surface area contributed by atoms with Gasteiger partial charge >= 0.3 is 0 Å². The number of hydrogen-bond acceptors (Lipinski definition) is 4. The van der Waals surface area contributed by atoms with Crippen molar-refractivity contribution in [3.05, 3.63) is 24.0 Å². The number of rotatable bonds is 2. The molecule has 0 bridgehead atoms. The predicted octanol–water partition coefficient (Wildman–Crippen LogP) is 1.91. The molecule has 2 heterocycles. The quantitative estimate of drug-likeness (QED) is 0.836. The Morgan fingerprint density at radius 1 is 1.29 bits per heavy atom. The van der Waals surface area contributed by atoms with Crippen molar-refractivity contribution in [1.82, 2.24) is 0 Å². The fraction of sp³-hybridized carbons (Fsp3) is 0.600. The lowest BCUT2D eigenvalue weighted by molar-refractivity contribution is 0.562. The topological polar surface area (TPSA) is 40.6 Å². The minimum atomic E-state index is -2.86. The molecule has 1 aromatic rings. The molecule has 1 saturated heterocycles. The minimum absolute atomic E-state index is 0.162. The number of benzene rings is 1. The highest BCUT2D eigenvalue weighted by atomic mass is 32.2. The maximum Gasteiger partial charge on any atom is 0.150 e. The average molecular weight is 312 g/mol. The van der Waals surface area contributed by atoms with Crippen LogP contribution in [-0.2, 0) is 9.84 Å². The van der Waals surface area contributed by atoms with Gasteiger partial charge in [0.05, 0.1) is 22.9 Å². The Bertz CT molecular complexity index is 633. The van der Waals surface area contributed by atoms with Crippen LogP contribution in [0.5, 0.6) is 0 Å². The molecule has 0 aromatic heterocycles. The Hall–Kier alpha value is -1.30. The molecule has 21 heavy (non-hydrogen) atoms. The number of hydrogen-bond donors (Lipinski definition) is 0. The van der Waals surface area contributed by atoms with Crippen molar-refractivity contribution in [2.45, 2.75) is 12.8 Å². The van der Waals surface area contributed by atoms with Crippen molar-refractivity contribution < 1.29 is 12.8 Å². The van der Waals surface area contributed by atoms with E-state index in [1.165, 1.54) is 6.07 Å². The standard InChI is InChI=1S/C15H21FN2O2S/c1-17-6-2-7-18(10-12-5-8-21(19,20)11-12)15-9-13(16)3-4-14(15)17/h3-4,9,12H,2,5-8,10-11H2,1H3/t12-/m0/s1. The summed E-state index contributed by atoms with van der Waals surface area (Å²) in [4.78, 5) is 4.30. The van der Waals surface area contributed by atoms with Crippen molar-refractivity contribution in [1.29, 1.82) is 0 Å². The van der Waals surface area contributed by atoms with Crippen LogP contribution >= 0.6 is 0 Å². The van der Waals surface area contributed by atoms with Gasteiger partial charge in [-0.3, -0.25) is 0 Å². The first-order valence-electron chi connectivity index (χ1n) is 7.41. The van der Waals surface area contributed by atoms with Crippen LogP contribution in [0.1, 0.15) is 12.8 Å². The summed E-state index contributed by atoms with van der Waals surface area (Å²) in [5.74, 6) is 0.480. The Kier molecular flexibility index (Phi) is 3.82. The lowest BCUT2D eigenvalue weighted by Crippen LogP contribution is -2.30. The van der Waals surface area contributed by atoms with Crippen LogP contribution in [0.25, 0.3) is 0 Å². The number of halogens is 1. The molecule has 0 unspecified atom stereocenters. The molecule has 0 radical (unpaired) electrons. The zero-order chi connectivity index (χ0) is 15.0. The lowest BCUT2D eigenvalue weighted by Gasteiger charge is -2.28. The average Bonchev–Trinajstić information content (AvgIpc) is 2.68. The molecule has 3 rings (SSSR count). The van der Waals surface area contributed by atoms with Crippen LogP contribution in [0.3, 0.4) is 0 Å². The monoisotopic (exact) mass is 312 g/mol. The summed E-state index contributed by atoms with van der Waals surface area (Å²) in [5, 5.41) is 0. The third-order valence-electron chi connectivity index (χ3n) is 4.42. The molecule has 1 atom stereocenters. The van der Waals surface area contributed by atoms with E-state index in [-0.39, 0.29) is 17.5 Å². The predicted molar refractivity (Wildman–Crippen MR) is 83.3 cm³/mol. The van der Waals surface area contributed by atoms with E-state index in [1.807, 2.05) is 13.1 Å². The molecule has 0 N–H and O–H groups in total. The van der Waals surface area contributed by atoms with Gasteiger partial charge in [-0.2, -0.15) is 0 Å². The highest BCUT2D eigenvalue weighted by Crippen LogP contribution is 2.33. The van der Waals surface area contributed by atoms with Gasteiger partial charge in [-0.15, -0.1) is 0 Å². The first-order chi connectivity index (χ1) is 9.94. The van der Waals surface area contributed by atoms with E-state index in [4.69, 9.17) is 0 Å². The second kappa shape index (κ2) is 5.48. The summed E-state index contributed by atoms with van der Waals surface area (Å²) in [6.45, 7) is 2.47. The molecule has 4 nitrogen and oxygen atoms in total. The third-order valence-corrected chi connectivity index (χ3v) is 6.25. The molecule has 2 aliphatic rings. The minimum Gasteiger partial charge on any atom is -0.373 e. The SMILES string of the molecule is CN1CCCN(C[C@@H]2CCS(=O)(=O)C2)c2cc(F)ccc21. The van der Waals surface area contributed by atoms with Crippen LogP contribution in [0.4, 0.5) is 15.8 Å². The summed E-state index contributed by atoms with van der Waals surface area (Å²) < 4.78 is 36.9. The van der Waals surface area contributed by atoms with Gasteiger partial charge in [-0.25, -0.2) is 12.8 Å². The zero-order valence-electron chi connectivity index (χ0n) is 12.3. The molecule has 0 spiro atoms. The van der Waals surface area contributed by atoms with Crippen molar-refractivity contribution in [3.8, 4) is 0 Å². The summed E-state index contributed by atoms with van der Waals surface area (Å²) in [5.41, 5.74) is 1.91. The van der Waals surface area contributed by atoms with Gasteiger partial charge in [-0.05, 0) is 37.0 Å². The summed E-state index contributed by atoms with van der Waals surface area (Å²) in [6.07, 6.45) is 1.71. The van der Waals surface area contributed by atoms with Crippen molar-refractivity contribution in [2.24, 2.45) is 5.92 Å². The third kappa shape index (κ3) is 3.15. The second-order valence-corrected chi connectivity index (χ2v) is 8.35. The Labute approximate surface area is 125 Å². The zero-order valence-corrected chi connectivity index (χ0v) is 13.1. The normalized spacial score (nSPS) is 24.8. The van der Waals surface area contributed by atoms with E-state index in [2.05, 4.69) is 9.80 Å². The maximum atomic E-state index is 13.6. The number of fused-ring (bicyclic) bond motifs is 1. The Morgan fingerprint density at radius 3 is 2.81 bits per heavy atom. The van der Waals surface area contributed by atoms with Crippen molar-refractivity contribution in [2.75, 3.05) is 48.0 Å². The van der Waals surface area contributed by atoms with Crippen molar-refractivity contribution >= 4 is 21.2 Å². The fourth-order valence-corrected chi connectivity index (χ4v) is 5.18. The number of nitrogens with zero attached hydrogens (tertiary/aromatic N) is 2. The molecule has 116 valence electrons. The molecule has 0 saturated carbocycles. The van der Waals surface area contributed by atoms with Gasteiger partial charge < -0.3 is 9.80 Å².